The van der Waals surface area contributed by atoms with Crippen molar-refractivity contribution < 1.29 is 23.9 Å². The van der Waals surface area contributed by atoms with Crippen LogP contribution < -0.4 is 0 Å². The van der Waals surface area contributed by atoms with Crippen molar-refractivity contribution in [1.82, 2.24) is 4.90 Å². The van der Waals surface area contributed by atoms with E-state index in [1.807, 2.05) is 52.0 Å². The fourth-order valence-electron chi connectivity index (χ4n) is 3.88. The molecule has 1 aliphatic rings. The lowest BCUT2D eigenvalue weighted by Gasteiger charge is -2.43. The lowest BCUT2D eigenvalue weighted by molar-refractivity contribution is 0.126. The van der Waals surface area contributed by atoms with Crippen molar-refractivity contribution in [2.24, 2.45) is 11.8 Å². The second kappa shape index (κ2) is 9.17. The van der Waals surface area contributed by atoms with Gasteiger partial charge in [0.2, 0.25) is 0 Å². The van der Waals surface area contributed by atoms with Gasteiger partial charge in [0.25, 0.3) is 0 Å². The highest BCUT2D eigenvalue weighted by molar-refractivity contribution is 9.10. The first-order chi connectivity index (χ1) is 13.4. The molecule has 1 aromatic carbocycles. The molecule has 8 heteroatoms. The summed E-state index contributed by atoms with van der Waals surface area (Å²) in [5.41, 5.74) is 1.95. The Hall–Kier alpha value is -1.40. The van der Waals surface area contributed by atoms with Crippen molar-refractivity contribution in [1.29, 1.82) is 0 Å². The van der Waals surface area contributed by atoms with Crippen LogP contribution in [0.15, 0.2) is 52.3 Å². The van der Waals surface area contributed by atoms with E-state index in [1.54, 1.807) is 6.92 Å². The molecular formula is C21H29BrNO5P. The average Bonchev–Trinajstić information content (AvgIpc) is 2.62. The molecule has 6 nitrogen and oxygen atoms in total. The fraction of sp³-hybridized carbons (Fsp3) is 0.476. The highest BCUT2D eigenvalue weighted by atomic mass is 79.9. The van der Waals surface area contributed by atoms with Gasteiger partial charge in [-0.3, -0.25) is 9.46 Å². The quantitative estimate of drug-likeness (QED) is 0.522. The number of nitrogens with zero attached hydrogens (tertiary/aromatic N) is 1. The minimum atomic E-state index is -4.64. The molecular weight excluding hydrogens is 457 g/mol. The molecule has 0 bridgehead atoms. The molecule has 1 atom stereocenters. The Morgan fingerprint density at radius 2 is 1.76 bits per heavy atom. The summed E-state index contributed by atoms with van der Waals surface area (Å²) in [6.45, 7) is 9.55. The highest BCUT2D eigenvalue weighted by Crippen LogP contribution is 2.61. The van der Waals surface area contributed by atoms with Crippen molar-refractivity contribution in [2.45, 2.75) is 46.2 Å². The molecule has 1 aromatic rings. The summed E-state index contributed by atoms with van der Waals surface area (Å²) in [7, 11) is -4.64. The number of halogens is 1. The van der Waals surface area contributed by atoms with Gasteiger partial charge in [0.1, 0.15) is 5.16 Å². The van der Waals surface area contributed by atoms with E-state index in [1.165, 1.54) is 17.2 Å². The van der Waals surface area contributed by atoms with Crippen LogP contribution in [-0.2, 0) is 15.7 Å². The van der Waals surface area contributed by atoms with Crippen molar-refractivity contribution in [3.63, 3.8) is 0 Å². The lowest BCUT2D eigenvalue weighted by Crippen LogP contribution is -2.43. The fourth-order valence-corrected chi connectivity index (χ4v) is 5.48. The Morgan fingerprint density at radius 1 is 1.17 bits per heavy atom. The molecule has 0 aliphatic carbocycles. The predicted molar refractivity (Wildman–Crippen MR) is 117 cm³/mol. The van der Waals surface area contributed by atoms with Gasteiger partial charge in [0, 0.05) is 16.4 Å². The Bertz CT molecular complexity index is 856. The zero-order chi connectivity index (χ0) is 22.0. The van der Waals surface area contributed by atoms with Gasteiger partial charge < -0.3 is 14.5 Å². The third-order valence-electron chi connectivity index (χ3n) is 5.00. The van der Waals surface area contributed by atoms with Crippen LogP contribution in [0.2, 0.25) is 0 Å². The molecule has 0 spiro atoms. The van der Waals surface area contributed by atoms with Crippen LogP contribution in [0.3, 0.4) is 0 Å². The van der Waals surface area contributed by atoms with Gasteiger partial charge >= 0.3 is 13.7 Å². The largest absolute Gasteiger partial charge is 0.449 e. The van der Waals surface area contributed by atoms with Gasteiger partial charge in [-0.05, 0) is 54.5 Å². The van der Waals surface area contributed by atoms with E-state index in [0.717, 1.165) is 10.0 Å². The number of amides is 1. The minimum Gasteiger partial charge on any atom is -0.449 e. The summed E-state index contributed by atoms with van der Waals surface area (Å²) in [5.74, 6) is -0.338. The highest BCUT2D eigenvalue weighted by Gasteiger charge is 2.52. The molecule has 29 heavy (non-hydrogen) atoms. The molecule has 1 aliphatic heterocycles. The van der Waals surface area contributed by atoms with Crippen LogP contribution in [0.5, 0.6) is 0 Å². The number of rotatable bonds is 6. The normalized spacial score (nSPS) is 20.0. The maximum Gasteiger partial charge on any atom is 0.418 e. The molecule has 1 heterocycles. The van der Waals surface area contributed by atoms with Crippen LogP contribution >= 0.6 is 23.5 Å². The molecule has 0 saturated carbocycles. The van der Waals surface area contributed by atoms with E-state index in [2.05, 4.69) is 15.9 Å². The number of hydrogen-bond acceptors (Lipinski definition) is 3. The maximum atomic E-state index is 12.9. The summed E-state index contributed by atoms with van der Waals surface area (Å²) >= 11 is 3.39. The van der Waals surface area contributed by atoms with Crippen LogP contribution in [-0.4, -0.2) is 32.5 Å². The number of ether oxygens (including phenoxy) is 1. The molecule has 0 aromatic heterocycles. The van der Waals surface area contributed by atoms with Crippen molar-refractivity contribution in [2.75, 3.05) is 6.61 Å². The zero-order valence-corrected chi connectivity index (χ0v) is 19.9. The Morgan fingerprint density at radius 3 is 2.21 bits per heavy atom. The Balaban J connectivity index is 2.75. The van der Waals surface area contributed by atoms with Gasteiger partial charge in [-0.15, -0.1) is 0 Å². The summed E-state index contributed by atoms with van der Waals surface area (Å²) in [4.78, 5) is 35.0. The van der Waals surface area contributed by atoms with Crippen LogP contribution in [0.1, 0.15) is 40.2 Å². The van der Waals surface area contributed by atoms with E-state index >= 15 is 0 Å². The zero-order valence-electron chi connectivity index (χ0n) is 17.4. The van der Waals surface area contributed by atoms with Gasteiger partial charge in [-0.25, -0.2) is 4.79 Å². The topological polar surface area (TPSA) is 87.1 Å². The summed E-state index contributed by atoms with van der Waals surface area (Å²) < 4.78 is 19.0. The SMILES string of the molecule is CCOC(=O)N1C=CC(Cc2ccc(Br)cc2)(P(=O)(O)O)C(C(C)C)=C1C(C)C. The van der Waals surface area contributed by atoms with E-state index < -0.39 is 18.8 Å². The molecule has 0 saturated heterocycles. The van der Waals surface area contributed by atoms with E-state index in [-0.39, 0.29) is 24.9 Å². The lowest BCUT2D eigenvalue weighted by atomic mass is 9.79. The van der Waals surface area contributed by atoms with E-state index in [4.69, 9.17) is 4.74 Å². The Kier molecular flexibility index (Phi) is 7.55. The van der Waals surface area contributed by atoms with Gasteiger partial charge in [-0.1, -0.05) is 55.8 Å². The van der Waals surface area contributed by atoms with Crippen molar-refractivity contribution >= 4 is 29.6 Å². The van der Waals surface area contributed by atoms with E-state index in [9.17, 15) is 19.1 Å². The standard InChI is InChI=1S/C21H29BrNO5P/c1-6-28-20(24)23-12-11-21(29(25,26)27,13-16-7-9-17(22)10-8-16)18(14(2)3)19(23)15(4)5/h7-12,14-15H,6,13H2,1-5H3,(H2,25,26,27). The molecule has 0 radical (unpaired) electrons. The smallest absolute Gasteiger partial charge is 0.418 e. The summed E-state index contributed by atoms with van der Waals surface area (Å²) in [5, 5.41) is -1.53. The third kappa shape index (κ3) is 4.85. The number of hydrogen-bond donors (Lipinski definition) is 2. The molecule has 160 valence electrons. The third-order valence-corrected chi connectivity index (χ3v) is 7.11. The van der Waals surface area contributed by atoms with Crippen LogP contribution in [0.25, 0.3) is 0 Å². The number of benzene rings is 1. The first-order valence-electron chi connectivity index (χ1n) is 9.64. The average molecular weight is 486 g/mol. The predicted octanol–water partition coefficient (Wildman–Crippen LogP) is 5.46. The van der Waals surface area contributed by atoms with Gasteiger partial charge in [0.05, 0.1) is 6.61 Å². The molecule has 1 unspecified atom stereocenters. The second-order valence-corrected chi connectivity index (χ2v) is 10.6. The first-order valence-corrected chi connectivity index (χ1v) is 12.0. The number of carbonyl (C=O) groups is 1. The van der Waals surface area contributed by atoms with Crippen molar-refractivity contribution in [3.05, 3.63) is 57.8 Å². The molecule has 2 rings (SSSR count). The molecule has 2 N–H and O–H groups in total. The molecule has 1 amide bonds. The summed E-state index contributed by atoms with van der Waals surface area (Å²) in [6, 6.07) is 7.39. The van der Waals surface area contributed by atoms with Crippen LogP contribution in [0.4, 0.5) is 4.79 Å². The number of allylic oxidation sites excluding steroid dienone is 3. The first kappa shape index (κ1) is 23.9. The number of carbonyl (C=O) groups excluding carboxylic acids is 1. The minimum absolute atomic E-state index is 0.126. The Labute approximate surface area is 180 Å². The summed E-state index contributed by atoms with van der Waals surface area (Å²) in [6.07, 6.45) is 2.51. The molecule has 0 fully saturated rings. The van der Waals surface area contributed by atoms with E-state index in [0.29, 0.717) is 11.3 Å². The van der Waals surface area contributed by atoms with Crippen molar-refractivity contribution in [3.8, 4) is 0 Å². The maximum absolute atomic E-state index is 12.9. The van der Waals surface area contributed by atoms with Crippen LogP contribution in [0, 0.1) is 11.8 Å². The second-order valence-electron chi connectivity index (χ2n) is 7.76. The van der Waals surface area contributed by atoms with Gasteiger partial charge in [-0.2, -0.15) is 0 Å². The monoisotopic (exact) mass is 485 g/mol. The van der Waals surface area contributed by atoms with Gasteiger partial charge in [0.15, 0.2) is 0 Å².